The van der Waals surface area contributed by atoms with E-state index in [1.165, 1.54) is 0 Å². The van der Waals surface area contributed by atoms with Crippen LogP contribution in [0.3, 0.4) is 0 Å². The van der Waals surface area contributed by atoms with E-state index in [4.69, 9.17) is 5.73 Å². The molecule has 1 nitrogen and oxygen atoms in total. The molecular weight excluding hydrogens is 260 g/mol. The second-order valence-electron chi connectivity index (χ2n) is 3.76. The van der Waals surface area contributed by atoms with Gasteiger partial charge in [0.2, 0.25) is 0 Å². The fourth-order valence-electron chi connectivity index (χ4n) is 1.55. The molecular formula is C11H11F6N. The van der Waals surface area contributed by atoms with Gasteiger partial charge in [0.25, 0.3) is 0 Å². The number of halogens is 6. The highest BCUT2D eigenvalue weighted by molar-refractivity contribution is 5.35. The third-order valence-electron chi connectivity index (χ3n) is 2.39. The molecule has 0 aromatic heterocycles. The Bertz CT molecular complexity index is 407. The quantitative estimate of drug-likeness (QED) is 0.835. The van der Waals surface area contributed by atoms with Crippen LogP contribution in [0.5, 0.6) is 0 Å². The molecule has 0 aliphatic carbocycles. The van der Waals surface area contributed by atoms with E-state index < -0.39 is 23.5 Å². The maximum Gasteiger partial charge on any atom is 0.416 e. The largest absolute Gasteiger partial charge is 0.416 e. The lowest BCUT2D eigenvalue weighted by molar-refractivity contribution is -0.141. The van der Waals surface area contributed by atoms with Gasteiger partial charge in [-0.15, -0.1) is 0 Å². The topological polar surface area (TPSA) is 26.0 Å². The second-order valence-corrected chi connectivity index (χ2v) is 3.76. The fourth-order valence-corrected chi connectivity index (χ4v) is 1.55. The Balaban J connectivity index is 3.21. The summed E-state index contributed by atoms with van der Waals surface area (Å²) < 4.78 is 75.0. The molecule has 1 rings (SSSR count). The summed E-state index contributed by atoms with van der Waals surface area (Å²) in [6.07, 6.45) is -9.24. The molecule has 0 aliphatic rings. The molecule has 0 spiro atoms. The first-order valence-corrected chi connectivity index (χ1v) is 5.13. The van der Waals surface area contributed by atoms with Gasteiger partial charge in [-0.2, -0.15) is 26.3 Å². The van der Waals surface area contributed by atoms with E-state index in [9.17, 15) is 26.3 Å². The van der Waals surface area contributed by atoms with Gasteiger partial charge in [0.15, 0.2) is 0 Å². The van der Waals surface area contributed by atoms with Crippen LogP contribution >= 0.6 is 0 Å². The molecule has 18 heavy (non-hydrogen) atoms. The van der Waals surface area contributed by atoms with E-state index in [0.29, 0.717) is 18.2 Å². The zero-order chi connectivity index (χ0) is 14.0. The van der Waals surface area contributed by atoms with Crippen LogP contribution in [0.15, 0.2) is 18.2 Å². The van der Waals surface area contributed by atoms with Gasteiger partial charge in [-0.1, -0.05) is 0 Å². The molecule has 2 N–H and O–H groups in total. The third-order valence-corrected chi connectivity index (χ3v) is 2.39. The Kier molecular flexibility index (Phi) is 4.26. The maximum atomic E-state index is 12.6. The lowest BCUT2D eigenvalue weighted by Gasteiger charge is -2.15. The first-order valence-electron chi connectivity index (χ1n) is 5.13. The molecule has 1 aromatic carbocycles. The number of alkyl halides is 6. The van der Waals surface area contributed by atoms with Crippen LogP contribution in [0.2, 0.25) is 0 Å². The molecule has 0 heterocycles. The molecule has 0 saturated carbocycles. The molecule has 0 radical (unpaired) electrons. The van der Waals surface area contributed by atoms with E-state index in [0.717, 1.165) is 0 Å². The lowest BCUT2D eigenvalue weighted by atomic mass is 9.99. The normalized spacial score (nSPS) is 12.8. The van der Waals surface area contributed by atoms with Crippen molar-refractivity contribution in [2.24, 2.45) is 5.73 Å². The Morgan fingerprint density at radius 3 is 2.00 bits per heavy atom. The SMILES string of the molecule is NCCCc1cc(C(F)(F)F)ccc1C(F)(F)F. The fraction of sp³-hybridized carbons (Fsp3) is 0.455. The summed E-state index contributed by atoms with van der Waals surface area (Å²) in [6.45, 7) is 0.119. The van der Waals surface area contributed by atoms with Crippen molar-refractivity contribution < 1.29 is 26.3 Å². The molecule has 0 atom stereocenters. The number of nitrogens with two attached hydrogens (primary N) is 1. The van der Waals surface area contributed by atoms with Gasteiger partial charge in [0, 0.05) is 0 Å². The summed E-state index contributed by atoms with van der Waals surface area (Å²) in [5, 5.41) is 0. The minimum atomic E-state index is -4.66. The van der Waals surface area contributed by atoms with Crippen molar-refractivity contribution in [1.82, 2.24) is 0 Å². The first kappa shape index (κ1) is 14.8. The van der Waals surface area contributed by atoms with E-state index in [-0.39, 0.29) is 24.9 Å². The van der Waals surface area contributed by atoms with Crippen LogP contribution in [0.25, 0.3) is 0 Å². The number of hydrogen-bond acceptors (Lipinski definition) is 1. The summed E-state index contributed by atoms with van der Waals surface area (Å²) in [7, 11) is 0. The van der Waals surface area contributed by atoms with Crippen molar-refractivity contribution in [2.75, 3.05) is 6.54 Å². The lowest BCUT2D eigenvalue weighted by Crippen LogP contribution is -2.13. The summed E-state index contributed by atoms with van der Waals surface area (Å²) in [5.41, 5.74) is 2.66. The molecule has 0 saturated heterocycles. The summed E-state index contributed by atoms with van der Waals surface area (Å²) in [4.78, 5) is 0. The van der Waals surface area contributed by atoms with Gasteiger partial charge >= 0.3 is 12.4 Å². The van der Waals surface area contributed by atoms with Crippen molar-refractivity contribution >= 4 is 0 Å². The standard InChI is InChI=1S/C11H11F6N/c12-10(13,14)8-3-4-9(11(15,16)17)7(6-8)2-1-5-18/h3-4,6H,1-2,5,18H2. The Morgan fingerprint density at radius 1 is 0.944 bits per heavy atom. The molecule has 7 heteroatoms. The monoisotopic (exact) mass is 271 g/mol. The summed E-state index contributed by atoms with van der Waals surface area (Å²) in [5.74, 6) is 0. The van der Waals surface area contributed by atoms with Gasteiger partial charge in [-0.3, -0.25) is 0 Å². The average molecular weight is 271 g/mol. The highest BCUT2D eigenvalue weighted by atomic mass is 19.4. The van der Waals surface area contributed by atoms with E-state index in [1.807, 2.05) is 0 Å². The van der Waals surface area contributed by atoms with Gasteiger partial charge in [0.05, 0.1) is 11.1 Å². The predicted octanol–water partition coefficient (Wildman–Crippen LogP) is 3.62. The second kappa shape index (κ2) is 5.17. The van der Waals surface area contributed by atoms with Crippen molar-refractivity contribution in [3.8, 4) is 0 Å². The first-order chi connectivity index (χ1) is 8.16. The average Bonchev–Trinajstić information content (AvgIpc) is 2.23. The highest BCUT2D eigenvalue weighted by Gasteiger charge is 2.36. The van der Waals surface area contributed by atoms with Crippen LogP contribution in [-0.2, 0) is 18.8 Å². The van der Waals surface area contributed by atoms with E-state index in [2.05, 4.69) is 0 Å². The predicted molar refractivity (Wildman–Crippen MR) is 53.8 cm³/mol. The minimum Gasteiger partial charge on any atom is -0.330 e. The molecule has 1 aromatic rings. The molecule has 0 unspecified atom stereocenters. The van der Waals surface area contributed by atoms with Crippen molar-refractivity contribution in [2.45, 2.75) is 25.2 Å². The molecule has 0 aliphatic heterocycles. The van der Waals surface area contributed by atoms with Crippen molar-refractivity contribution in [1.29, 1.82) is 0 Å². The molecule has 102 valence electrons. The number of aryl methyl sites for hydroxylation is 1. The van der Waals surface area contributed by atoms with Crippen molar-refractivity contribution in [3.63, 3.8) is 0 Å². The number of hydrogen-bond donors (Lipinski definition) is 1. The van der Waals surface area contributed by atoms with Crippen molar-refractivity contribution in [3.05, 3.63) is 34.9 Å². The Hall–Kier alpha value is -1.24. The van der Waals surface area contributed by atoms with Gasteiger partial charge in [-0.25, -0.2) is 0 Å². The maximum absolute atomic E-state index is 12.6. The Labute approximate surface area is 99.6 Å². The van der Waals surface area contributed by atoms with E-state index in [1.54, 1.807) is 0 Å². The van der Waals surface area contributed by atoms with Crippen LogP contribution < -0.4 is 5.73 Å². The molecule has 0 amide bonds. The van der Waals surface area contributed by atoms with Crippen LogP contribution in [-0.4, -0.2) is 6.54 Å². The van der Waals surface area contributed by atoms with E-state index >= 15 is 0 Å². The third kappa shape index (κ3) is 3.63. The smallest absolute Gasteiger partial charge is 0.330 e. The Morgan fingerprint density at radius 2 is 1.56 bits per heavy atom. The van der Waals surface area contributed by atoms with Crippen LogP contribution in [0.4, 0.5) is 26.3 Å². The zero-order valence-corrected chi connectivity index (χ0v) is 9.20. The van der Waals surface area contributed by atoms with Crippen LogP contribution in [0, 0.1) is 0 Å². The van der Waals surface area contributed by atoms with Gasteiger partial charge < -0.3 is 5.73 Å². The highest BCUT2D eigenvalue weighted by Crippen LogP contribution is 2.36. The van der Waals surface area contributed by atoms with Crippen LogP contribution in [0.1, 0.15) is 23.1 Å². The van der Waals surface area contributed by atoms with Gasteiger partial charge in [-0.05, 0) is 43.1 Å². The van der Waals surface area contributed by atoms with Gasteiger partial charge in [0.1, 0.15) is 0 Å². The number of rotatable bonds is 3. The molecule has 0 fully saturated rings. The zero-order valence-electron chi connectivity index (χ0n) is 9.20. The number of benzene rings is 1. The summed E-state index contributed by atoms with van der Waals surface area (Å²) >= 11 is 0. The summed E-state index contributed by atoms with van der Waals surface area (Å²) in [6, 6.07) is 1.45. The minimum absolute atomic E-state index is 0.119. The molecule has 0 bridgehead atoms.